The lowest BCUT2D eigenvalue weighted by molar-refractivity contribution is 0.419. The van der Waals surface area contributed by atoms with Gasteiger partial charge in [0.15, 0.2) is 5.82 Å². The molecule has 0 unspecified atom stereocenters. The second kappa shape index (κ2) is 5.52. The third-order valence-corrected chi connectivity index (χ3v) is 3.75. The molecule has 0 spiro atoms. The molecule has 1 aliphatic rings. The first-order chi connectivity index (χ1) is 9.34. The Morgan fingerprint density at radius 2 is 2.26 bits per heavy atom. The molecule has 2 heterocycles. The second-order valence-electron chi connectivity index (χ2n) is 4.79. The van der Waals surface area contributed by atoms with Crippen LogP contribution >= 0.6 is 12.2 Å². The van der Waals surface area contributed by atoms with E-state index < -0.39 is 0 Å². The van der Waals surface area contributed by atoms with Crippen molar-refractivity contribution >= 4 is 18.4 Å². The molecule has 1 N–H and O–H groups in total. The van der Waals surface area contributed by atoms with Crippen molar-refractivity contribution in [2.24, 2.45) is 5.10 Å². The number of hydrogen-bond acceptors (Lipinski definition) is 4. The molecule has 0 saturated heterocycles. The van der Waals surface area contributed by atoms with Gasteiger partial charge in [-0.05, 0) is 37.2 Å². The van der Waals surface area contributed by atoms with E-state index in [1.165, 1.54) is 19.3 Å². The van der Waals surface area contributed by atoms with Crippen molar-refractivity contribution in [3.05, 3.63) is 34.8 Å². The summed E-state index contributed by atoms with van der Waals surface area (Å²) < 4.78 is 7.48. The predicted octanol–water partition coefficient (Wildman–Crippen LogP) is 3.46. The van der Waals surface area contributed by atoms with Gasteiger partial charge in [0.2, 0.25) is 4.77 Å². The molecule has 0 atom stereocenters. The van der Waals surface area contributed by atoms with Crippen LogP contribution in [0.4, 0.5) is 0 Å². The zero-order chi connectivity index (χ0) is 13.1. The monoisotopic (exact) mass is 276 g/mol. The van der Waals surface area contributed by atoms with Gasteiger partial charge in [0.25, 0.3) is 0 Å². The number of rotatable bonds is 3. The van der Waals surface area contributed by atoms with Gasteiger partial charge >= 0.3 is 0 Å². The molecule has 1 saturated carbocycles. The molecule has 0 aliphatic heterocycles. The van der Waals surface area contributed by atoms with Crippen LogP contribution in [0.3, 0.4) is 0 Å². The molecule has 0 amide bonds. The first kappa shape index (κ1) is 12.3. The van der Waals surface area contributed by atoms with E-state index in [2.05, 4.69) is 15.3 Å². The highest BCUT2D eigenvalue weighted by atomic mass is 32.1. The topological polar surface area (TPSA) is 59.1 Å². The van der Waals surface area contributed by atoms with Crippen LogP contribution < -0.4 is 0 Å². The van der Waals surface area contributed by atoms with Gasteiger partial charge in [-0.15, -0.1) is 0 Å². The van der Waals surface area contributed by atoms with Gasteiger partial charge in [-0.25, -0.2) is 0 Å². The number of nitrogens with zero attached hydrogens (tertiary/aromatic N) is 3. The summed E-state index contributed by atoms with van der Waals surface area (Å²) in [4.78, 5) is 0. The van der Waals surface area contributed by atoms with Crippen molar-refractivity contribution < 1.29 is 4.42 Å². The van der Waals surface area contributed by atoms with Crippen LogP contribution in [0, 0.1) is 4.77 Å². The number of nitrogens with one attached hydrogen (secondary N) is 1. The fraction of sp³-hybridized carbons (Fsp3) is 0.462. The maximum atomic E-state index is 5.24. The Morgan fingerprint density at radius 1 is 1.42 bits per heavy atom. The zero-order valence-electron chi connectivity index (χ0n) is 10.6. The Morgan fingerprint density at radius 3 is 3.00 bits per heavy atom. The molecule has 0 bridgehead atoms. The summed E-state index contributed by atoms with van der Waals surface area (Å²) in [5, 5.41) is 11.6. The van der Waals surface area contributed by atoms with Crippen LogP contribution in [0.2, 0.25) is 0 Å². The molecule has 2 aromatic heterocycles. The molecule has 6 heteroatoms. The lowest BCUT2D eigenvalue weighted by Crippen LogP contribution is -2.10. The molecule has 0 aromatic carbocycles. The Kier molecular flexibility index (Phi) is 3.59. The minimum atomic E-state index is 0.454. The Hall–Kier alpha value is -1.69. The number of hydrogen-bond donors (Lipinski definition) is 1. The average molecular weight is 276 g/mol. The zero-order valence-corrected chi connectivity index (χ0v) is 11.4. The summed E-state index contributed by atoms with van der Waals surface area (Å²) in [5.74, 6) is 2.10. The van der Waals surface area contributed by atoms with Gasteiger partial charge in [-0.3, -0.25) is 5.10 Å². The van der Waals surface area contributed by atoms with Gasteiger partial charge in [-0.2, -0.15) is 14.9 Å². The summed E-state index contributed by atoms with van der Waals surface area (Å²) in [6.45, 7) is 0. The quantitative estimate of drug-likeness (QED) is 0.690. The SMILES string of the molecule is S=c1[nH]nc(C2CCCCC2)n1/N=C\c1ccco1. The Labute approximate surface area is 116 Å². The molecule has 1 fully saturated rings. The predicted molar refractivity (Wildman–Crippen MR) is 74.9 cm³/mol. The first-order valence-corrected chi connectivity index (χ1v) is 7.00. The third kappa shape index (κ3) is 2.68. The summed E-state index contributed by atoms with van der Waals surface area (Å²) in [7, 11) is 0. The van der Waals surface area contributed by atoms with E-state index in [1.54, 1.807) is 17.2 Å². The van der Waals surface area contributed by atoms with Gasteiger partial charge in [0.1, 0.15) is 5.76 Å². The van der Waals surface area contributed by atoms with E-state index in [4.69, 9.17) is 16.6 Å². The second-order valence-corrected chi connectivity index (χ2v) is 5.18. The van der Waals surface area contributed by atoms with Crippen LogP contribution in [0.1, 0.15) is 49.6 Å². The Balaban J connectivity index is 1.88. The minimum Gasteiger partial charge on any atom is -0.463 e. The van der Waals surface area contributed by atoms with Crippen molar-refractivity contribution in [2.45, 2.75) is 38.0 Å². The van der Waals surface area contributed by atoms with Crippen molar-refractivity contribution in [1.29, 1.82) is 0 Å². The lowest BCUT2D eigenvalue weighted by Gasteiger charge is -2.19. The molecule has 19 heavy (non-hydrogen) atoms. The molecule has 100 valence electrons. The largest absolute Gasteiger partial charge is 0.463 e. The molecular weight excluding hydrogens is 260 g/mol. The van der Waals surface area contributed by atoms with E-state index in [1.807, 2.05) is 12.1 Å². The van der Waals surface area contributed by atoms with E-state index in [0.717, 1.165) is 18.7 Å². The Bertz CT molecular complexity index is 605. The summed E-state index contributed by atoms with van der Waals surface area (Å²) in [6, 6.07) is 3.69. The maximum Gasteiger partial charge on any atom is 0.216 e. The van der Waals surface area contributed by atoms with E-state index >= 15 is 0 Å². The van der Waals surface area contributed by atoms with E-state index in [9.17, 15) is 0 Å². The fourth-order valence-corrected chi connectivity index (χ4v) is 2.71. The van der Waals surface area contributed by atoms with Gasteiger partial charge in [0.05, 0.1) is 12.5 Å². The van der Waals surface area contributed by atoms with Gasteiger partial charge in [-0.1, -0.05) is 19.3 Å². The first-order valence-electron chi connectivity index (χ1n) is 6.60. The lowest BCUT2D eigenvalue weighted by atomic mass is 9.89. The normalized spacial score (nSPS) is 17.3. The summed E-state index contributed by atoms with van der Waals surface area (Å²) >= 11 is 5.24. The van der Waals surface area contributed by atoms with Crippen LogP contribution in [0.5, 0.6) is 0 Å². The van der Waals surface area contributed by atoms with E-state index in [-0.39, 0.29) is 0 Å². The standard InChI is InChI=1S/C13H16N4OS/c19-13-16-15-12(10-5-2-1-3-6-10)17(13)14-9-11-7-4-8-18-11/h4,7-10H,1-3,5-6H2,(H,16,19)/b14-9-. The summed E-state index contributed by atoms with van der Waals surface area (Å²) in [6.07, 6.45) is 9.44. The fourth-order valence-electron chi connectivity index (χ4n) is 2.52. The smallest absolute Gasteiger partial charge is 0.216 e. The third-order valence-electron chi connectivity index (χ3n) is 3.49. The van der Waals surface area contributed by atoms with Crippen LogP contribution in [0.25, 0.3) is 0 Å². The molecule has 3 rings (SSSR count). The molecular formula is C13H16N4OS. The number of aromatic amines is 1. The highest BCUT2D eigenvalue weighted by Crippen LogP contribution is 2.31. The highest BCUT2D eigenvalue weighted by Gasteiger charge is 2.21. The number of furan rings is 1. The van der Waals surface area contributed by atoms with Gasteiger partial charge < -0.3 is 4.42 Å². The number of H-pyrrole nitrogens is 1. The van der Waals surface area contributed by atoms with Crippen LogP contribution in [0.15, 0.2) is 27.9 Å². The molecule has 5 nitrogen and oxygen atoms in total. The van der Waals surface area contributed by atoms with Gasteiger partial charge in [0, 0.05) is 5.92 Å². The summed E-state index contributed by atoms with van der Waals surface area (Å²) in [5.41, 5.74) is 0. The van der Waals surface area contributed by atoms with Crippen LogP contribution in [-0.2, 0) is 0 Å². The van der Waals surface area contributed by atoms with Crippen molar-refractivity contribution in [3.8, 4) is 0 Å². The van der Waals surface area contributed by atoms with Crippen molar-refractivity contribution in [2.75, 3.05) is 0 Å². The average Bonchev–Trinajstić information content (AvgIpc) is 3.07. The minimum absolute atomic E-state index is 0.454. The molecule has 1 aliphatic carbocycles. The van der Waals surface area contributed by atoms with E-state index in [0.29, 0.717) is 16.4 Å². The maximum absolute atomic E-state index is 5.24. The van der Waals surface area contributed by atoms with Crippen molar-refractivity contribution in [3.63, 3.8) is 0 Å². The van der Waals surface area contributed by atoms with Crippen molar-refractivity contribution in [1.82, 2.24) is 14.9 Å². The molecule has 2 aromatic rings. The number of aromatic nitrogens is 3. The molecule has 0 radical (unpaired) electrons. The van der Waals surface area contributed by atoms with Crippen LogP contribution in [-0.4, -0.2) is 21.1 Å². The highest BCUT2D eigenvalue weighted by molar-refractivity contribution is 7.71.